The second kappa shape index (κ2) is 5.55. The minimum atomic E-state index is -0.810. The van der Waals surface area contributed by atoms with E-state index in [4.69, 9.17) is 9.84 Å². The molecule has 0 aromatic heterocycles. The van der Waals surface area contributed by atoms with Gasteiger partial charge in [0.1, 0.15) is 6.10 Å². The molecular formula is C14H20O4. The van der Waals surface area contributed by atoms with Crippen LogP contribution in [0.2, 0.25) is 0 Å². The van der Waals surface area contributed by atoms with Crippen molar-refractivity contribution in [3.8, 4) is 0 Å². The van der Waals surface area contributed by atoms with Gasteiger partial charge in [0.15, 0.2) is 0 Å². The van der Waals surface area contributed by atoms with Crippen molar-refractivity contribution < 1.29 is 19.4 Å². The molecular weight excluding hydrogens is 232 g/mol. The number of carboxylic acids is 1. The molecule has 4 nitrogen and oxygen atoms in total. The van der Waals surface area contributed by atoms with Crippen molar-refractivity contribution in [3.05, 3.63) is 12.2 Å². The Morgan fingerprint density at radius 2 is 2.17 bits per heavy atom. The first-order chi connectivity index (χ1) is 8.61. The van der Waals surface area contributed by atoms with Crippen LogP contribution in [0.1, 0.15) is 39.0 Å². The average Bonchev–Trinajstić information content (AvgIpc) is 2.69. The lowest BCUT2D eigenvalue weighted by Crippen LogP contribution is -2.34. The lowest BCUT2D eigenvalue weighted by molar-refractivity contribution is -0.143. The van der Waals surface area contributed by atoms with E-state index in [0.717, 1.165) is 19.3 Å². The highest BCUT2D eigenvalue weighted by atomic mass is 16.6. The minimum Gasteiger partial charge on any atom is -0.481 e. The number of carboxylic acid groups (broad SMARTS) is 1. The monoisotopic (exact) mass is 252 g/mol. The van der Waals surface area contributed by atoms with Gasteiger partial charge in [0.2, 0.25) is 0 Å². The van der Waals surface area contributed by atoms with Crippen LogP contribution in [0.5, 0.6) is 0 Å². The van der Waals surface area contributed by atoms with Gasteiger partial charge in [-0.3, -0.25) is 9.59 Å². The van der Waals surface area contributed by atoms with Gasteiger partial charge in [-0.1, -0.05) is 31.9 Å². The Hall–Kier alpha value is -1.32. The van der Waals surface area contributed by atoms with Crippen LogP contribution in [0, 0.1) is 17.8 Å². The third kappa shape index (κ3) is 2.74. The number of fused-ring (bicyclic) bond motifs is 1. The molecule has 0 amide bonds. The Morgan fingerprint density at radius 3 is 2.83 bits per heavy atom. The molecule has 4 heteroatoms. The van der Waals surface area contributed by atoms with Gasteiger partial charge in [0, 0.05) is 11.8 Å². The molecule has 1 aliphatic carbocycles. The van der Waals surface area contributed by atoms with Crippen molar-refractivity contribution in [2.75, 3.05) is 0 Å². The van der Waals surface area contributed by atoms with Crippen LogP contribution >= 0.6 is 0 Å². The van der Waals surface area contributed by atoms with E-state index in [2.05, 4.69) is 13.0 Å². The first-order valence-corrected chi connectivity index (χ1v) is 6.71. The number of rotatable bonds is 5. The van der Waals surface area contributed by atoms with Gasteiger partial charge in [0.05, 0.1) is 12.8 Å². The molecule has 2 aliphatic rings. The van der Waals surface area contributed by atoms with E-state index < -0.39 is 5.97 Å². The lowest BCUT2D eigenvalue weighted by Gasteiger charge is -2.32. The number of hydrogen-bond donors (Lipinski definition) is 1. The smallest absolute Gasteiger partial charge is 0.306 e. The summed E-state index contributed by atoms with van der Waals surface area (Å²) in [6.45, 7) is 2.14. The highest BCUT2D eigenvalue weighted by molar-refractivity contribution is 5.73. The van der Waals surface area contributed by atoms with Crippen molar-refractivity contribution in [2.45, 2.75) is 45.1 Å². The number of ether oxygens (including phenoxy) is 1. The van der Waals surface area contributed by atoms with Crippen molar-refractivity contribution in [1.29, 1.82) is 0 Å². The number of esters is 1. The second-order valence-corrected chi connectivity index (χ2v) is 5.28. The number of hydrogen-bond acceptors (Lipinski definition) is 3. The van der Waals surface area contributed by atoms with Crippen molar-refractivity contribution in [1.82, 2.24) is 0 Å². The number of aliphatic carboxylic acids is 1. The summed E-state index contributed by atoms with van der Waals surface area (Å²) in [5.74, 6) is -0.718. The van der Waals surface area contributed by atoms with Gasteiger partial charge < -0.3 is 9.84 Å². The first-order valence-electron chi connectivity index (χ1n) is 6.71. The maximum absolute atomic E-state index is 11.5. The predicted octanol–water partition coefficient (Wildman–Crippen LogP) is 2.39. The summed E-state index contributed by atoms with van der Waals surface area (Å²) < 4.78 is 5.40. The molecule has 1 fully saturated rings. The quantitative estimate of drug-likeness (QED) is 0.602. The SMILES string of the molecule is CCCC[C@H]1C=C[C@H](CC(=O)O)[C@@H]2CC(=O)O[C@@H]21. The number of unbranched alkanes of at least 4 members (excludes halogenated alkanes) is 1. The van der Waals surface area contributed by atoms with Crippen LogP contribution in [0.15, 0.2) is 12.2 Å². The minimum absolute atomic E-state index is 0.0560. The fourth-order valence-corrected chi connectivity index (χ4v) is 3.05. The van der Waals surface area contributed by atoms with Gasteiger partial charge >= 0.3 is 11.9 Å². The lowest BCUT2D eigenvalue weighted by atomic mass is 9.74. The first kappa shape index (κ1) is 13.1. The van der Waals surface area contributed by atoms with Gasteiger partial charge in [-0.05, 0) is 12.3 Å². The summed E-state index contributed by atoms with van der Waals surface area (Å²) in [4.78, 5) is 22.3. The van der Waals surface area contributed by atoms with Gasteiger partial charge in [-0.2, -0.15) is 0 Å². The molecule has 0 unspecified atom stereocenters. The molecule has 1 aliphatic heterocycles. The Kier molecular flexibility index (Phi) is 4.04. The van der Waals surface area contributed by atoms with Crippen LogP contribution < -0.4 is 0 Å². The normalized spacial score (nSPS) is 34.2. The maximum Gasteiger partial charge on any atom is 0.306 e. The highest BCUT2D eigenvalue weighted by Gasteiger charge is 2.45. The number of carbonyl (C=O) groups excluding carboxylic acids is 1. The van der Waals surface area contributed by atoms with Gasteiger partial charge in [-0.25, -0.2) is 0 Å². The second-order valence-electron chi connectivity index (χ2n) is 5.28. The standard InChI is InChI=1S/C14H20O4/c1-2-3-4-9-5-6-10(7-12(15)16)11-8-13(17)18-14(9)11/h5-6,9-11,14H,2-4,7-8H2,1H3,(H,15,16)/t9-,10+,11-,14+/m0/s1. The molecule has 0 aromatic rings. The largest absolute Gasteiger partial charge is 0.481 e. The zero-order chi connectivity index (χ0) is 13.1. The third-order valence-electron chi connectivity index (χ3n) is 3.97. The molecule has 2 rings (SSSR count). The molecule has 4 atom stereocenters. The van der Waals surface area contributed by atoms with E-state index in [9.17, 15) is 9.59 Å². The van der Waals surface area contributed by atoms with Crippen LogP contribution in [0.3, 0.4) is 0 Å². The van der Waals surface area contributed by atoms with Gasteiger partial charge in [0.25, 0.3) is 0 Å². The number of allylic oxidation sites excluding steroid dienone is 1. The molecule has 0 spiro atoms. The molecule has 0 radical (unpaired) electrons. The summed E-state index contributed by atoms with van der Waals surface area (Å²) >= 11 is 0. The van der Waals surface area contributed by atoms with Crippen LogP contribution in [-0.2, 0) is 14.3 Å². The van der Waals surface area contributed by atoms with Crippen LogP contribution in [0.25, 0.3) is 0 Å². The van der Waals surface area contributed by atoms with Crippen molar-refractivity contribution >= 4 is 11.9 Å². The number of carbonyl (C=O) groups is 2. The van der Waals surface area contributed by atoms with E-state index in [1.807, 2.05) is 6.08 Å². The highest BCUT2D eigenvalue weighted by Crippen LogP contribution is 2.41. The Bertz CT molecular complexity index is 361. The zero-order valence-corrected chi connectivity index (χ0v) is 10.7. The fourth-order valence-electron chi connectivity index (χ4n) is 3.05. The topological polar surface area (TPSA) is 63.6 Å². The summed E-state index contributed by atoms with van der Waals surface area (Å²) in [5, 5.41) is 8.90. The molecule has 0 bridgehead atoms. The molecule has 1 saturated heterocycles. The third-order valence-corrected chi connectivity index (χ3v) is 3.97. The van der Waals surface area contributed by atoms with E-state index in [1.165, 1.54) is 0 Å². The Labute approximate surface area is 107 Å². The maximum atomic E-state index is 11.5. The zero-order valence-electron chi connectivity index (χ0n) is 10.7. The molecule has 100 valence electrons. The van der Waals surface area contributed by atoms with Crippen LogP contribution in [-0.4, -0.2) is 23.1 Å². The van der Waals surface area contributed by atoms with E-state index in [-0.39, 0.29) is 36.2 Å². The van der Waals surface area contributed by atoms with Crippen LogP contribution in [0.4, 0.5) is 0 Å². The molecule has 18 heavy (non-hydrogen) atoms. The summed E-state index contributed by atoms with van der Waals surface area (Å²) in [6.07, 6.45) is 7.65. The Balaban J connectivity index is 2.09. The molecule has 1 heterocycles. The van der Waals surface area contributed by atoms with Crippen molar-refractivity contribution in [2.24, 2.45) is 17.8 Å². The summed E-state index contributed by atoms with van der Waals surface area (Å²) in [7, 11) is 0. The van der Waals surface area contributed by atoms with E-state index in [1.54, 1.807) is 0 Å². The van der Waals surface area contributed by atoms with E-state index in [0.29, 0.717) is 6.42 Å². The molecule has 1 N–H and O–H groups in total. The molecule has 0 saturated carbocycles. The summed E-state index contributed by atoms with van der Waals surface area (Å²) in [6, 6.07) is 0. The predicted molar refractivity (Wildman–Crippen MR) is 65.9 cm³/mol. The fraction of sp³-hybridized carbons (Fsp3) is 0.714. The van der Waals surface area contributed by atoms with Gasteiger partial charge in [-0.15, -0.1) is 0 Å². The average molecular weight is 252 g/mol. The van der Waals surface area contributed by atoms with E-state index >= 15 is 0 Å². The van der Waals surface area contributed by atoms with Crippen molar-refractivity contribution in [3.63, 3.8) is 0 Å². The Morgan fingerprint density at radius 1 is 1.44 bits per heavy atom. The summed E-state index contributed by atoms with van der Waals surface area (Å²) in [5.41, 5.74) is 0. The molecule has 0 aromatic carbocycles.